The molecular formula is C15H14N6O. The van der Waals surface area contributed by atoms with E-state index in [-0.39, 0.29) is 5.91 Å². The normalized spacial score (nSPS) is 15.5. The number of carbonyl (C=O) groups is 1. The fraction of sp³-hybridized carbons (Fsp3) is 0.200. The van der Waals surface area contributed by atoms with Crippen LogP contribution in [0.15, 0.2) is 36.5 Å². The molecule has 7 nitrogen and oxygen atoms in total. The molecule has 1 aliphatic heterocycles. The lowest BCUT2D eigenvalue weighted by Crippen LogP contribution is -2.48. The monoisotopic (exact) mass is 294 g/mol. The predicted octanol–water partition coefficient (Wildman–Crippen LogP) is 0.956. The van der Waals surface area contributed by atoms with Gasteiger partial charge in [-0.25, -0.2) is 9.97 Å². The molecule has 22 heavy (non-hydrogen) atoms. The summed E-state index contributed by atoms with van der Waals surface area (Å²) in [5.41, 5.74) is 2.22. The van der Waals surface area contributed by atoms with E-state index < -0.39 is 0 Å². The molecule has 4 rings (SSSR count). The van der Waals surface area contributed by atoms with Crippen LogP contribution in [0.3, 0.4) is 0 Å². The molecule has 0 aliphatic carbocycles. The molecule has 0 aromatic carbocycles. The molecule has 0 bridgehead atoms. The highest BCUT2D eigenvalue weighted by Crippen LogP contribution is 2.25. The Morgan fingerprint density at radius 3 is 3.05 bits per heavy atom. The predicted molar refractivity (Wildman–Crippen MR) is 82.3 cm³/mol. The fourth-order valence-electron chi connectivity index (χ4n) is 2.61. The molecule has 0 radical (unpaired) electrons. The lowest BCUT2D eigenvalue weighted by Gasteiger charge is -2.26. The summed E-state index contributed by atoms with van der Waals surface area (Å²) in [4.78, 5) is 22.5. The number of anilines is 1. The molecule has 3 aromatic rings. The van der Waals surface area contributed by atoms with E-state index >= 15 is 0 Å². The van der Waals surface area contributed by atoms with Crippen LogP contribution >= 0.6 is 0 Å². The molecule has 110 valence electrons. The van der Waals surface area contributed by atoms with Crippen LogP contribution in [0.4, 0.5) is 5.82 Å². The summed E-state index contributed by atoms with van der Waals surface area (Å²) in [6.45, 7) is 1.75. The van der Waals surface area contributed by atoms with Crippen molar-refractivity contribution in [1.82, 2.24) is 25.5 Å². The van der Waals surface area contributed by atoms with E-state index in [1.165, 1.54) is 0 Å². The second-order valence-electron chi connectivity index (χ2n) is 5.08. The van der Waals surface area contributed by atoms with Gasteiger partial charge in [-0.15, -0.1) is 0 Å². The Balaban J connectivity index is 1.77. The lowest BCUT2D eigenvalue weighted by atomic mass is 10.2. The van der Waals surface area contributed by atoms with Gasteiger partial charge in [-0.3, -0.25) is 14.8 Å². The number of hydrogen-bond donors (Lipinski definition) is 2. The van der Waals surface area contributed by atoms with E-state index in [0.717, 1.165) is 23.3 Å². The van der Waals surface area contributed by atoms with Crippen LogP contribution in [0.2, 0.25) is 0 Å². The minimum atomic E-state index is 0.0343. The number of fused-ring (bicyclic) bond motifs is 1. The molecule has 3 aromatic heterocycles. The van der Waals surface area contributed by atoms with Crippen LogP contribution < -0.4 is 10.2 Å². The average Bonchev–Trinajstić information content (AvgIpc) is 2.99. The maximum Gasteiger partial charge on any atom is 0.242 e. The Hall–Kier alpha value is -2.80. The topological polar surface area (TPSA) is 86.8 Å². The molecule has 4 heterocycles. The first-order chi connectivity index (χ1) is 10.8. The molecule has 1 fully saturated rings. The van der Waals surface area contributed by atoms with Gasteiger partial charge in [0.15, 0.2) is 5.65 Å². The largest absolute Gasteiger partial charge is 0.307 e. The Labute approximate surface area is 126 Å². The number of hydrogen-bond acceptors (Lipinski definition) is 5. The summed E-state index contributed by atoms with van der Waals surface area (Å²) in [5.74, 6) is 0.697. The standard InChI is InChI=1S/C15H14N6O/c22-13-9-16-7-8-21(13)12-5-1-4-11(18-12)14-10-3-2-6-17-15(10)20-19-14/h1-6,16H,7-9H2,(H,17,19,20). The quantitative estimate of drug-likeness (QED) is 0.735. The van der Waals surface area contributed by atoms with E-state index in [1.807, 2.05) is 30.3 Å². The molecule has 0 spiro atoms. The highest BCUT2D eigenvalue weighted by atomic mass is 16.2. The molecule has 0 atom stereocenters. The second kappa shape index (κ2) is 5.19. The SMILES string of the molecule is O=C1CNCCN1c1cccc(-c2[nH]nc3ncccc23)n1. The van der Waals surface area contributed by atoms with Gasteiger partial charge < -0.3 is 5.32 Å². The van der Waals surface area contributed by atoms with Gasteiger partial charge in [0.05, 0.1) is 17.9 Å². The summed E-state index contributed by atoms with van der Waals surface area (Å²) in [7, 11) is 0. The molecule has 7 heteroatoms. The minimum Gasteiger partial charge on any atom is -0.307 e. The van der Waals surface area contributed by atoms with Crippen LogP contribution in [0.25, 0.3) is 22.4 Å². The number of rotatable bonds is 2. The van der Waals surface area contributed by atoms with Crippen molar-refractivity contribution in [2.24, 2.45) is 0 Å². The second-order valence-corrected chi connectivity index (χ2v) is 5.08. The number of aromatic nitrogens is 4. The van der Waals surface area contributed by atoms with E-state index in [2.05, 4.69) is 25.5 Å². The average molecular weight is 294 g/mol. The number of piperazine rings is 1. The zero-order valence-electron chi connectivity index (χ0n) is 11.8. The van der Waals surface area contributed by atoms with Crippen molar-refractivity contribution in [2.75, 3.05) is 24.5 Å². The van der Waals surface area contributed by atoms with Gasteiger partial charge in [-0.2, -0.15) is 5.10 Å². The van der Waals surface area contributed by atoms with Crippen LogP contribution in [-0.4, -0.2) is 45.7 Å². The number of carbonyl (C=O) groups excluding carboxylic acids is 1. The highest BCUT2D eigenvalue weighted by molar-refractivity contribution is 5.95. The molecule has 0 saturated carbocycles. The van der Waals surface area contributed by atoms with E-state index in [4.69, 9.17) is 0 Å². The van der Waals surface area contributed by atoms with Crippen molar-refractivity contribution in [3.63, 3.8) is 0 Å². The zero-order chi connectivity index (χ0) is 14.9. The number of nitrogens with zero attached hydrogens (tertiary/aromatic N) is 4. The van der Waals surface area contributed by atoms with Gasteiger partial charge in [0.2, 0.25) is 5.91 Å². The number of pyridine rings is 2. The molecular weight excluding hydrogens is 280 g/mol. The zero-order valence-corrected chi connectivity index (χ0v) is 11.8. The van der Waals surface area contributed by atoms with E-state index in [0.29, 0.717) is 24.6 Å². The van der Waals surface area contributed by atoms with E-state index in [9.17, 15) is 4.79 Å². The summed E-state index contributed by atoms with van der Waals surface area (Å²) in [5, 5.41) is 11.1. The Morgan fingerprint density at radius 2 is 2.14 bits per heavy atom. The maximum absolute atomic E-state index is 12.0. The Bertz CT molecular complexity index is 843. The Kier molecular flexibility index (Phi) is 3.05. The summed E-state index contributed by atoms with van der Waals surface area (Å²) in [6, 6.07) is 9.46. The third kappa shape index (κ3) is 2.11. The third-order valence-electron chi connectivity index (χ3n) is 3.69. The first-order valence-electron chi connectivity index (χ1n) is 7.10. The van der Waals surface area contributed by atoms with Crippen molar-refractivity contribution in [3.05, 3.63) is 36.5 Å². The van der Waals surface area contributed by atoms with Crippen LogP contribution in [0.5, 0.6) is 0 Å². The molecule has 0 unspecified atom stereocenters. The molecule has 2 N–H and O–H groups in total. The molecule has 1 aliphatic rings. The number of aromatic amines is 1. The number of nitrogens with one attached hydrogen (secondary N) is 2. The lowest BCUT2D eigenvalue weighted by molar-refractivity contribution is -0.118. The Morgan fingerprint density at radius 1 is 1.18 bits per heavy atom. The number of H-pyrrole nitrogens is 1. The van der Waals surface area contributed by atoms with Crippen molar-refractivity contribution in [2.45, 2.75) is 0 Å². The van der Waals surface area contributed by atoms with Gasteiger partial charge in [0, 0.05) is 24.7 Å². The smallest absolute Gasteiger partial charge is 0.242 e. The van der Waals surface area contributed by atoms with Crippen LogP contribution in [0.1, 0.15) is 0 Å². The van der Waals surface area contributed by atoms with Crippen molar-refractivity contribution in [3.8, 4) is 11.4 Å². The van der Waals surface area contributed by atoms with Gasteiger partial charge in [0.1, 0.15) is 5.82 Å². The van der Waals surface area contributed by atoms with Gasteiger partial charge >= 0.3 is 0 Å². The van der Waals surface area contributed by atoms with Crippen molar-refractivity contribution >= 4 is 22.8 Å². The van der Waals surface area contributed by atoms with Crippen LogP contribution in [0, 0.1) is 0 Å². The van der Waals surface area contributed by atoms with Gasteiger partial charge in [0.25, 0.3) is 0 Å². The molecule has 1 saturated heterocycles. The first-order valence-corrected chi connectivity index (χ1v) is 7.10. The highest BCUT2D eigenvalue weighted by Gasteiger charge is 2.21. The van der Waals surface area contributed by atoms with Crippen LogP contribution in [-0.2, 0) is 4.79 Å². The number of amides is 1. The van der Waals surface area contributed by atoms with Gasteiger partial charge in [-0.05, 0) is 24.3 Å². The molecule has 1 amide bonds. The minimum absolute atomic E-state index is 0.0343. The first kappa shape index (κ1) is 12.9. The van der Waals surface area contributed by atoms with E-state index in [1.54, 1.807) is 11.1 Å². The summed E-state index contributed by atoms with van der Waals surface area (Å²) >= 11 is 0. The van der Waals surface area contributed by atoms with Gasteiger partial charge in [-0.1, -0.05) is 6.07 Å². The summed E-state index contributed by atoms with van der Waals surface area (Å²) in [6.07, 6.45) is 1.70. The maximum atomic E-state index is 12.0. The van der Waals surface area contributed by atoms with Crippen molar-refractivity contribution in [1.29, 1.82) is 0 Å². The summed E-state index contributed by atoms with van der Waals surface area (Å²) < 4.78 is 0. The third-order valence-corrected chi connectivity index (χ3v) is 3.69. The fourth-order valence-corrected chi connectivity index (χ4v) is 2.61. The van der Waals surface area contributed by atoms with Crippen molar-refractivity contribution < 1.29 is 4.79 Å².